The van der Waals surface area contributed by atoms with Gasteiger partial charge in [-0.3, -0.25) is 4.18 Å². The van der Waals surface area contributed by atoms with Crippen LogP contribution in [0.15, 0.2) is 0 Å². The van der Waals surface area contributed by atoms with Crippen LogP contribution in [0.2, 0.25) is 0 Å². The SMILES string of the molecule is NS(=O)(=O)OC(O)[C@@]1(O)OC[C@@H](OS(=O)[O-])[C@@H](O)[C@@H]1O. The van der Waals surface area contributed by atoms with E-state index in [1.165, 1.54) is 0 Å². The lowest BCUT2D eigenvalue weighted by Crippen LogP contribution is -2.67. The van der Waals surface area contributed by atoms with Crippen molar-refractivity contribution in [3.63, 3.8) is 0 Å². The Bertz CT molecular complexity index is 468. The Morgan fingerprint density at radius 3 is 2.50 bits per heavy atom. The molecule has 1 aliphatic rings. The first-order valence-corrected chi connectivity index (χ1v) is 7.32. The number of hydrogen-bond acceptors (Lipinski definition) is 11. The summed E-state index contributed by atoms with van der Waals surface area (Å²) in [6.07, 6.45) is -8.61. The molecule has 0 radical (unpaired) electrons. The summed E-state index contributed by atoms with van der Waals surface area (Å²) in [6, 6.07) is 0. The minimum atomic E-state index is -4.70. The average Bonchev–Trinajstić information content (AvgIpc) is 2.27. The predicted octanol–water partition coefficient (Wildman–Crippen LogP) is -4.86. The second kappa shape index (κ2) is 6.24. The van der Waals surface area contributed by atoms with Crippen LogP contribution in [0.1, 0.15) is 0 Å². The third-order valence-electron chi connectivity index (χ3n) is 2.39. The van der Waals surface area contributed by atoms with Crippen molar-refractivity contribution in [3.8, 4) is 0 Å². The molecule has 1 saturated heterocycles. The maximum absolute atomic E-state index is 10.6. The van der Waals surface area contributed by atoms with Crippen molar-refractivity contribution >= 4 is 21.7 Å². The van der Waals surface area contributed by atoms with Gasteiger partial charge in [0, 0.05) is 0 Å². The van der Waals surface area contributed by atoms with Gasteiger partial charge in [0.2, 0.25) is 12.1 Å². The van der Waals surface area contributed by atoms with Gasteiger partial charge in [-0.05, 0) is 0 Å². The van der Waals surface area contributed by atoms with E-state index < -0.39 is 58.7 Å². The van der Waals surface area contributed by atoms with E-state index >= 15 is 0 Å². The molecule has 0 amide bonds. The molecule has 0 spiro atoms. The number of aliphatic hydroxyl groups is 4. The van der Waals surface area contributed by atoms with Gasteiger partial charge in [0.25, 0.3) is 0 Å². The summed E-state index contributed by atoms with van der Waals surface area (Å²) in [5.41, 5.74) is 0. The topological polar surface area (TPSA) is 209 Å². The Balaban J connectivity index is 2.86. The van der Waals surface area contributed by atoms with E-state index in [0.717, 1.165) is 0 Å². The smallest absolute Gasteiger partial charge is 0.335 e. The third kappa shape index (κ3) is 4.12. The second-order valence-corrected chi connectivity index (χ2v) is 5.56. The van der Waals surface area contributed by atoms with Crippen LogP contribution in [0.25, 0.3) is 0 Å². The highest BCUT2D eigenvalue weighted by Gasteiger charge is 2.55. The summed E-state index contributed by atoms with van der Waals surface area (Å²) >= 11 is -3.04. The van der Waals surface area contributed by atoms with Gasteiger partial charge in [-0.1, -0.05) is 0 Å². The van der Waals surface area contributed by atoms with E-state index in [2.05, 4.69) is 18.2 Å². The Hall–Kier alpha value is -0.260. The van der Waals surface area contributed by atoms with E-state index in [9.17, 15) is 37.6 Å². The molecule has 0 aromatic rings. The quantitative estimate of drug-likeness (QED) is 0.237. The second-order valence-electron chi connectivity index (χ2n) is 3.78. The number of ether oxygens (including phenoxy) is 1. The molecule has 0 bridgehead atoms. The summed E-state index contributed by atoms with van der Waals surface area (Å²) in [5, 5.41) is 42.6. The van der Waals surface area contributed by atoms with Crippen LogP contribution in [-0.4, -0.2) is 74.6 Å². The largest absolute Gasteiger partial charge is 0.750 e. The Labute approximate surface area is 115 Å². The molecular formula is C6H12NO11S2-. The normalized spacial score (nSPS) is 38.4. The zero-order valence-corrected chi connectivity index (χ0v) is 11.2. The van der Waals surface area contributed by atoms with Crippen molar-refractivity contribution in [2.45, 2.75) is 30.4 Å². The van der Waals surface area contributed by atoms with Gasteiger partial charge in [0.15, 0.2) is 0 Å². The highest BCUT2D eigenvalue weighted by atomic mass is 32.2. The first-order chi connectivity index (χ1) is 8.97. The third-order valence-corrected chi connectivity index (χ3v) is 3.24. The van der Waals surface area contributed by atoms with Gasteiger partial charge >= 0.3 is 10.3 Å². The summed E-state index contributed by atoms with van der Waals surface area (Å²) in [7, 11) is -4.70. The molecule has 2 unspecified atom stereocenters. The van der Waals surface area contributed by atoms with Gasteiger partial charge < -0.3 is 29.7 Å². The zero-order valence-electron chi connectivity index (χ0n) is 9.56. The van der Waals surface area contributed by atoms with Crippen LogP contribution in [0, 0.1) is 0 Å². The molecule has 0 saturated carbocycles. The minimum Gasteiger partial charge on any atom is -0.750 e. The van der Waals surface area contributed by atoms with Crippen LogP contribution >= 0.6 is 0 Å². The van der Waals surface area contributed by atoms with Crippen LogP contribution in [0.3, 0.4) is 0 Å². The van der Waals surface area contributed by atoms with E-state index in [-0.39, 0.29) is 0 Å². The molecule has 20 heavy (non-hydrogen) atoms. The van der Waals surface area contributed by atoms with Crippen molar-refractivity contribution < 1.29 is 50.7 Å². The Morgan fingerprint density at radius 1 is 1.50 bits per heavy atom. The number of nitrogens with two attached hydrogens (primary N) is 1. The lowest BCUT2D eigenvalue weighted by molar-refractivity contribution is -0.376. The van der Waals surface area contributed by atoms with E-state index in [4.69, 9.17) is 0 Å². The van der Waals surface area contributed by atoms with Crippen LogP contribution in [0.4, 0.5) is 0 Å². The Kier molecular flexibility index (Phi) is 5.55. The number of rotatable bonds is 5. The summed E-state index contributed by atoms with van der Waals surface area (Å²) in [5.74, 6) is -3.06. The molecule has 0 aliphatic carbocycles. The molecule has 0 aromatic heterocycles. The molecule has 1 aliphatic heterocycles. The molecule has 12 nitrogen and oxygen atoms in total. The monoisotopic (exact) mass is 338 g/mol. The van der Waals surface area contributed by atoms with Crippen molar-refractivity contribution in [2.75, 3.05) is 6.61 Å². The molecule has 6 atom stereocenters. The fourth-order valence-electron chi connectivity index (χ4n) is 1.45. The first kappa shape index (κ1) is 17.8. The highest BCUT2D eigenvalue weighted by Crippen LogP contribution is 2.29. The average molecular weight is 338 g/mol. The van der Waals surface area contributed by atoms with Crippen LogP contribution in [-0.2, 0) is 34.8 Å². The molecule has 0 aromatic carbocycles. The molecule has 6 N–H and O–H groups in total. The van der Waals surface area contributed by atoms with Crippen LogP contribution < -0.4 is 5.14 Å². The lowest BCUT2D eigenvalue weighted by atomic mass is 9.96. The van der Waals surface area contributed by atoms with Crippen molar-refractivity contribution in [1.29, 1.82) is 0 Å². The van der Waals surface area contributed by atoms with Gasteiger partial charge in [0.1, 0.15) is 18.3 Å². The van der Waals surface area contributed by atoms with Crippen molar-refractivity contribution in [2.24, 2.45) is 5.14 Å². The zero-order chi connectivity index (χ0) is 15.7. The highest BCUT2D eigenvalue weighted by molar-refractivity contribution is 7.84. The van der Waals surface area contributed by atoms with Gasteiger partial charge in [-0.25, -0.2) is 13.5 Å². The molecule has 14 heteroatoms. The maximum atomic E-state index is 10.6. The van der Waals surface area contributed by atoms with Gasteiger partial charge in [-0.15, -0.1) is 0 Å². The van der Waals surface area contributed by atoms with E-state index in [1.54, 1.807) is 0 Å². The molecular weight excluding hydrogens is 326 g/mol. The predicted molar refractivity (Wildman–Crippen MR) is 56.9 cm³/mol. The lowest BCUT2D eigenvalue weighted by Gasteiger charge is -2.43. The van der Waals surface area contributed by atoms with E-state index in [0.29, 0.717) is 0 Å². The van der Waals surface area contributed by atoms with Crippen LogP contribution in [0.5, 0.6) is 0 Å². The standard InChI is InChI=1S/C6H13NO11S2/c7-20(14,15)18-5(10)6(11)4(9)3(8)2(1-16-6)17-19(12)13/h2-5,8-11H,1H2,(H,12,13)(H2,7,14,15)/p-1/t2-,3-,4+,5?,6+/m1/s1. The minimum absolute atomic E-state index is 0.798. The summed E-state index contributed by atoms with van der Waals surface area (Å²) < 4.78 is 54.3. The fraction of sp³-hybridized carbons (Fsp3) is 1.00. The maximum Gasteiger partial charge on any atom is 0.335 e. The molecule has 1 rings (SSSR count). The first-order valence-electron chi connectivity index (χ1n) is 4.85. The van der Waals surface area contributed by atoms with Gasteiger partial charge in [-0.2, -0.15) is 8.42 Å². The number of hydrogen-bond donors (Lipinski definition) is 5. The van der Waals surface area contributed by atoms with Crippen molar-refractivity contribution in [3.05, 3.63) is 0 Å². The fourth-order valence-corrected chi connectivity index (χ4v) is 2.21. The van der Waals surface area contributed by atoms with Gasteiger partial charge in [0.05, 0.1) is 18.0 Å². The molecule has 1 fully saturated rings. The summed E-state index contributed by atoms with van der Waals surface area (Å²) in [6.45, 7) is -0.798. The van der Waals surface area contributed by atoms with E-state index in [1.807, 2.05) is 0 Å². The van der Waals surface area contributed by atoms with Crippen molar-refractivity contribution in [1.82, 2.24) is 0 Å². The number of aliphatic hydroxyl groups excluding tert-OH is 3. The summed E-state index contributed by atoms with van der Waals surface area (Å²) in [4.78, 5) is 0. The molecule has 120 valence electrons. The molecule has 1 heterocycles. The Morgan fingerprint density at radius 2 is 2.05 bits per heavy atom.